The van der Waals surface area contributed by atoms with Crippen LogP contribution >= 0.6 is 11.3 Å². The Bertz CT molecular complexity index is 1260. The number of hydrogen-bond acceptors (Lipinski definition) is 5. The average Bonchev–Trinajstić information content (AvgIpc) is 3.39. The van der Waals surface area contributed by atoms with Gasteiger partial charge in [-0.05, 0) is 54.8 Å². The topological polar surface area (TPSA) is 45.7 Å². The van der Waals surface area contributed by atoms with Crippen molar-refractivity contribution in [3.8, 4) is 5.75 Å². The predicted octanol–water partition coefficient (Wildman–Crippen LogP) is 6.55. The van der Waals surface area contributed by atoms with E-state index in [-0.39, 0.29) is 11.7 Å². The smallest absolute Gasteiger partial charge is 0.273 e. The lowest BCUT2D eigenvalue weighted by molar-refractivity contribution is 0.0767. The van der Waals surface area contributed by atoms with E-state index in [1.165, 1.54) is 23.5 Å². The molecule has 0 atom stereocenters. The van der Waals surface area contributed by atoms with Gasteiger partial charge >= 0.3 is 0 Å². The van der Waals surface area contributed by atoms with Crippen molar-refractivity contribution in [2.24, 2.45) is 0 Å². The number of aromatic nitrogens is 1. The molecule has 0 saturated heterocycles. The maximum atomic E-state index is 13.5. The van der Waals surface area contributed by atoms with Crippen molar-refractivity contribution in [3.63, 3.8) is 0 Å². The molecule has 1 heterocycles. The summed E-state index contributed by atoms with van der Waals surface area (Å²) in [5.74, 6) is 0.529. The molecule has 4 aromatic rings. The van der Waals surface area contributed by atoms with Crippen LogP contribution < -0.4 is 4.74 Å². The molecule has 0 aliphatic rings. The maximum Gasteiger partial charge on any atom is 0.273 e. The van der Waals surface area contributed by atoms with Crippen molar-refractivity contribution in [2.45, 2.75) is 40.1 Å². The van der Waals surface area contributed by atoms with Crippen molar-refractivity contribution in [1.29, 1.82) is 0 Å². The third kappa shape index (κ3) is 7.71. The van der Waals surface area contributed by atoms with Crippen LogP contribution in [0, 0.1) is 5.82 Å². The number of carbonyl (C=O) groups is 1. The Labute approximate surface area is 222 Å². The number of nitrogens with zero attached hydrogens (tertiary/aromatic N) is 3. The third-order valence-electron chi connectivity index (χ3n) is 6.08. The Morgan fingerprint density at radius 1 is 0.838 bits per heavy atom. The highest BCUT2D eigenvalue weighted by Gasteiger charge is 2.18. The molecule has 5 nitrogen and oxygen atoms in total. The van der Waals surface area contributed by atoms with Gasteiger partial charge in [0.2, 0.25) is 0 Å². The van der Waals surface area contributed by atoms with Crippen molar-refractivity contribution >= 4 is 17.2 Å². The predicted molar refractivity (Wildman–Crippen MR) is 146 cm³/mol. The van der Waals surface area contributed by atoms with Crippen LogP contribution in [-0.4, -0.2) is 33.8 Å². The van der Waals surface area contributed by atoms with E-state index in [1.807, 2.05) is 61.7 Å². The van der Waals surface area contributed by atoms with Crippen molar-refractivity contribution in [3.05, 3.63) is 117 Å². The first-order valence-electron chi connectivity index (χ1n) is 12.5. The quantitative estimate of drug-likeness (QED) is 0.214. The van der Waals surface area contributed by atoms with Crippen molar-refractivity contribution in [1.82, 2.24) is 14.8 Å². The van der Waals surface area contributed by atoms with E-state index in [2.05, 4.69) is 22.0 Å². The molecule has 192 valence electrons. The molecule has 0 unspecified atom stereocenters. The van der Waals surface area contributed by atoms with Crippen LogP contribution in [0.1, 0.15) is 46.0 Å². The second-order valence-corrected chi connectivity index (χ2v) is 9.74. The fraction of sp³-hybridized carbons (Fsp3) is 0.267. The molecule has 1 amide bonds. The molecule has 0 spiro atoms. The SMILES string of the molecule is CCN(CC)C(=O)c1csc(CN(Cc2ccc(F)cc2)Cc2ccc(OCc3ccccc3)cc2)n1. The number of hydrogen-bond donors (Lipinski definition) is 0. The van der Waals surface area contributed by atoms with Crippen LogP contribution in [0.4, 0.5) is 4.39 Å². The summed E-state index contributed by atoms with van der Waals surface area (Å²) in [5.41, 5.74) is 3.76. The van der Waals surface area contributed by atoms with Crippen molar-refractivity contribution in [2.75, 3.05) is 13.1 Å². The Hall–Kier alpha value is -3.55. The molecule has 0 aliphatic carbocycles. The lowest BCUT2D eigenvalue weighted by atomic mass is 10.1. The Balaban J connectivity index is 1.44. The molecule has 1 aromatic heterocycles. The average molecular weight is 518 g/mol. The van der Waals surface area contributed by atoms with Crippen LogP contribution in [0.5, 0.6) is 5.75 Å². The first-order valence-corrected chi connectivity index (χ1v) is 13.4. The van der Waals surface area contributed by atoms with E-state index in [4.69, 9.17) is 4.74 Å². The monoisotopic (exact) mass is 517 g/mol. The van der Waals surface area contributed by atoms with E-state index < -0.39 is 0 Å². The van der Waals surface area contributed by atoms with Gasteiger partial charge in [-0.2, -0.15) is 0 Å². The molecule has 0 saturated carbocycles. The zero-order valence-corrected chi connectivity index (χ0v) is 22.1. The molecule has 0 N–H and O–H groups in total. The van der Waals surface area contributed by atoms with Gasteiger partial charge in [0.15, 0.2) is 0 Å². The summed E-state index contributed by atoms with van der Waals surface area (Å²) >= 11 is 1.49. The van der Waals surface area contributed by atoms with E-state index in [9.17, 15) is 9.18 Å². The number of benzene rings is 3. The molecule has 3 aromatic carbocycles. The van der Waals surface area contributed by atoms with Crippen LogP contribution in [0.15, 0.2) is 84.2 Å². The van der Waals surface area contributed by atoms with Gasteiger partial charge in [0, 0.05) is 31.6 Å². The molecule has 0 bridgehead atoms. The number of thiazole rings is 1. The molecular formula is C30H32FN3O2S. The minimum atomic E-state index is -0.249. The van der Waals surface area contributed by atoms with Gasteiger partial charge in [0.05, 0.1) is 6.54 Å². The highest BCUT2D eigenvalue weighted by Crippen LogP contribution is 2.20. The first-order chi connectivity index (χ1) is 18.0. The molecule has 7 heteroatoms. The zero-order chi connectivity index (χ0) is 26.0. The summed E-state index contributed by atoms with van der Waals surface area (Å²) in [5, 5.41) is 2.71. The largest absolute Gasteiger partial charge is 0.489 e. The van der Waals surface area contributed by atoms with Gasteiger partial charge in [-0.1, -0.05) is 54.6 Å². The normalized spacial score (nSPS) is 11.0. The van der Waals surface area contributed by atoms with E-state index in [0.29, 0.717) is 45.0 Å². The highest BCUT2D eigenvalue weighted by atomic mass is 32.1. The van der Waals surface area contributed by atoms with Gasteiger partial charge < -0.3 is 9.64 Å². The van der Waals surface area contributed by atoms with Gasteiger partial charge in [-0.15, -0.1) is 11.3 Å². The standard InChI is InChI=1S/C30H32FN3O2S/c1-3-34(4-2)30(35)28-22-37-29(32-28)20-33(18-23-10-14-26(31)15-11-23)19-24-12-16-27(17-13-24)36-21-25-8-6-5-7-9-25/h5-17,22H,3-4,18-21H2,1-2H3. The summed E-state index contributed by atoms with van der Waals surface area (Å²) in [4.78, 5) is 21.4. The minimum absolute atomic E-state index is 0.0383. The van der Waals surface area contributed by atoms with Gasteiger partial charge in [0.1, 0.15) is 28.9 Å². The third-order valence-corrected chi connectivity index (χ3v) is 6.91. The summed E-state index contributed by atoms with van der Waals surface area (Å²) in [6.45, 7) is 7.66. The van der Waals surface area contributed by atoms with Crippen LogP contribution in [0.2, 0.25) is 0 Å². The Morgan fingerprint density at radius 3 is 2.08 bits per heavy atom. The minimum Gasteiger partial charge on any atom is -0.489 e. The van der Waals surface area contributed by atoms with Crippen LogP contribution in [0.25, 0.3) is 0 Å². The van der Waals surface area contributed by atoms with Gasteiger partial charge in [-0.25, -0.2) is 9.37 Å². The van der Waals surface area contributed by atoms with E-state index >= 15 is 0 Å². The number of ether oxygens (including phenoxy) is 1. The summed E-state index contributed by atoms with van der Waals surface area (Å²) in [6, 6.07) is 24.8. The fourth-order valence-corrected chi connectivity index (χ4v) is 4.86. The molecule has 4 rings (SSSR count). The molecule has 0 fully saturated rings. The van der Waals surface area contributed by atoms with Crippen LogP contribution in [-0.2, 0) is 26.2 Å². The second-order valence-electron chi connectivity index (χ2n) is 8.79. The van der Waals surface area contributed by atoms with Crippen LogP contribution in [0.3, 0.4) is 0 Å². The highest BCUT2D eigenvalue weighted by molar-refractivity contribution is 7.09. The lowest BCUT2D eigenvalue weighted by Crippen LogP contribution is -2.30. The number of carbonyl (C=O) groups excluding carboxylic acids is 1. The first kappa shape index (κ1) is 26.5. The second kappa shape index (κ2) is 13.1. The van der Waals surface area contributed by atoms with E-state index in [1.54, 1.807) is 17.0 Å². The summed E-state index contributed by atoms with van der Waals surface area (Å²) in [6.07, 6.45) is 0. The maximum absolute atomic E-state index is 13.5. The lowest BCUT2D eigenvalue weighted by Gasteiger charge is -2.22. The number of amides is 1. The number of halogens is 1. The van der Waals surface area contributed by atoms with Gasteiger partial charge in [0.25, 0.3) is 5.91 Å². The summed E-state index contributed by atoms with van der Waals surface area (Å²) < 4.78 is 19.4. The number of rotatable bonds is 12. The van der Waals surface area contributed by atoms with Gasteiger partial charge in [-0.3, -0.25) is 9.69 Å². The summed E-state index contributed by atoms with van der Waals surface area (Å²) in [7, 11) is 0. The Morgan fingerprint density at radius 2 is 1.46 bits per heavy atom. The molecular weight excluding hydrogens is 485 g/mol. The fourth-order valence-electron chi connectivity index (χ4n) is 4.05. The zero-order valence-electron chi connectivity index (χ0n) is 21.3. The van der Waals surface area contributed by atoms with Crippen molar-refractivity contribution < 1.29 is 13.9 Å². The molecule has 0 aliphatic heterocycles. The Kier molecular flexibility index (Phi) is 9.40. The molecule has 37 heavy (non-hydrogen) atoms. The molecule has 0 radical (unpaired) electrons. The van der Waals surface area contributed by atoms with E-state index in [0.717, 1.165) is 27.4 Å².